The van der Waals surface area contributed by atoms with Crippen molar-refractivity contribution >= 4 is 11.0 Å². The number of nitrogens with one attached hydrogen (secondary N) is 1. The first kappa shape index (κ1) is 14.7. The quantitative estimate of drug-likeness (QED) is 0.707. The van der Waals surface area contributed by atoms with Crippen LogP contribution in [0.3, 0.4) is 0 Å². The first-order chi connectivity index (χ1) is 10.8. The van der Waals surface area contributed by atoms with Crippen LogP contribution in [0.5, 0.6) is 0 Å². The number of benzene rings is 2. The van der Waals surface area contributed by atoms with Gasteiger partial charge in [-0.15, -0.1) is 0 Å². The average Bonchev–Trinajstić information content (AvgIpc) is 2.85. The molecule has 3 rings (SSSR count). The molecule has 0 bridgehead atoms. The summed E-state index contributed by atoms with van der Waals surface area (Å²) in [4.78, 5) is 4.62. The maximum absolute atomic E-state index is 13.4. The third-order valence-corrected chi connectivity index (χ3v) is 3.75. The number of halogens is 1. The van der Waals surface area contributed by atoms with Crippen LogP contribution in [0, 0.1) is 5.82 Å². The molecule has 3 nitrogen and oxygen atoms in total. The molecule has 3 aromatic rings. The fourth-order valence-corrected chi connectivity index (χ4v) is 2.66. The Hall–Kier alpha value is -2.20. The zero-order valence-electron chi connectivity index (χ0n) is 12.7. The highest BCUT2D eigenvalue weighted by atomic mass is 19.1. The van der Waals surface area contributed by atoms with E-state index in [1.165, 1.54) is 17.7 Å². The average molecular weight is 297 g/mol. The molecule has 1 aromatic heterocycles. The maximum Gasteiger partial charge on any atom is 0.125 e. The van der Waals surface area contributed by atoms with Crippen LogP contribution in [-0.2, 0) is 13.0 Å². The first-order valence-corrected chi connectivity index (χ1v) is 7.67. The summed E-state index contributed by atoms with van der Waals surface area (Å²) in [5.41, 5.74) is 2.93. The molecule has 1 N–H and O–H groups in total. The molecular formula is C18H20FN3. The molecule has 0 amide bonds. The van der Waals surface area contributed by atoms with E-state index < -0.39 is 0 Å². The predicted molar refractivity (Wildman–Crippen MR) is 87.5 cm³/mol. The van der Waals surface area contributed by atoms with Crippen LogP contribution in [0.15, 0.2) is 48.5 Å². The highest BCUT2D eigenvalue weighted by Gasteiger charge is 2.11. The van der Waals surface area contributed by atoms with Gasteiger partial charge >= 0.3 is 0 Å². The van der Waals surface area contributed by atoms with Gasteiger partial charge in [0, 0.05) is 25.6 Å². The van der Waals surface area contributed by atoms with E-state index in [2.05, 4.69) is 33.9 Å². The molecule has 0 fully saturated rings. The Morgan fingerprint density at radius 1 is 1.14 bits per heavy atom. The van der Waals surface area contributed by atoms with Crippen molar-refractivity contribution in [3.63, 3.8) is 0 Å². The van der Waals surface area contributed by atoms with E-state index in [9.17, 15) is 4.39 Å². The normalized spacial score (nSPS) is 11.2. The largest absolute Gasteiger partial charge is 0.323 e. The summed E-state index contributed by atoms with van der Waals surface area (Å²) in [7, 11) is 0. The van der Waals surface area contributed by atoms with Crippen LogP contribution in [0.25, 0.3) is 11.0 Å². The number of hydrogen-bond acceptors (Lipinski definition) is 2. The van der Waals surface area contributed by atoms with Gasteiger partial charge in [-0.2, -0.15) is 0 Å². The minimum Gasteiger partial charge on any atom is -0.323 e. The number of imidazole rings is 1. The Morgan fingerprint density at radius 2 is 1.95 bits per heavy atom. The standard InChI is InChI=1S/C18H20FN3/c1-2-20-11-10-18-21-16-12-15(19)8-9-17(16)22(18)13-14-6-4-3-5-7-14/h3-9,12,20H,2,10-11,13H2,1H3. The van der Waals surface area contributed by atoms with E-state index in [4.69, 9.17) is 0 Å². The van der Waals surface area contributed by atoms with Crippen LogP contribution >= 0.6 is 0 Å². The van der Waals surface area contributed by atoms with Crippen LogP contribution < -0.4 is 5.32 Å². The molecule has 0 saturated carbocycles. The number of fused-ring (bicyclic) bond motifs is 1. The van der Waals surface area contributed by atoms with Crippen molar-refractivity contribution in [3.05, 3.63) is 65.7 Å². The van der Waals surface area contributed by atoms with E-state index in [1.807, 2.05) is 24.3 Å². The molecule has 22 heavy (non-hydrogen) atoms. The van der Waals surface area contributed by atoms with Gasteiger partial charge in [0.15, 0.2) is 0 Å². The van der Waals surface area contributed by atoms with Gasteiger partial charge in [0.2, 0.25) is 0 Å². The molecule has 0 atom stereocenters. The summed E-state index contributed by atoms with van der Waals surface area (Å²) in [5, 5.41) is 3.32. The van der Waals surface area contributed by atoms with Crippen molar-refractivity contribution in [1.29, 1.82) is 0 Å². The van der Waals surface area contributed by atoms with Crippen molar-refractivity contribution in [2.24, 2.45) is 0 Å². The van der Waals surface area contributed by atoms with Crippen LogP contribution in [0.2, 0.25) is 0 Å². The summed E-state index contributed by atoms with van der Waals surface area (Å²) in [6.07, 6.45) is 0.830. The molecular weight excluding hydrogens is 277 g/mol. The number of nitrogens with zero attached hydrogens (tertiary/aromatic N) is 2. The lowest BCUT2D eigenvalue weighted by atomic mass is 10.2. The van der Waals surface area contributed by atoms with Crippen LogP contribution in [0.4, 0.5) is 4.39 Å². The predicted octanol–water partition coefficient (Wildman–Crippen LogP) is 3.38. The highest BCUT2D eigenvalue weighted by molar-refractivity contribution is 5.76. The van der Waals surface area contributed by atoms with Crippen molar-refractivity contribution in [3.8, 4) is 0 Å². The molecule has 0 aliphatic carbocycles. The zero-order valence-corrected chi connectivity index (χ0v) is 12.7. The lowest BCUT2D eigenvalue weighted by Gasteiger charge is -2.10. The molecule has 0 aliphatic rings. The summed E-state index contributed by atoms with van der Waals surface area (Å²) >= 11 is 0. The number of rotatable bonds is 6. The van der Waals surface area contributed by atoms with E-state index in [1.54, 1.807) is 0 Å². The Balaban J connectivity index is 1.98. The van der Waals surface area contributed by atoms with Gasteiger partial charge < -0.3 is 9.88 Å². The van der Waals surface area contributed by atoms with Gasteiger partial charge in [-0.05, 0) is 24.2 Å². The second kappa shape index (κ2) is 6.71. The monoisotopic (exact) mass is 297 g/mol. The molecule has 4 heteroatoms. The Labute approximate surface area is 129 Å². The van der Waals surface area contributed by atoms with Gasteiger partial charge in [-0.1, -0.05) is 37.3 Å². The van der Waals surface area contributed by atoms with Gasteiger partial charge in [0.25, 0.3) is 0 Å². The third-order valence-electron chi connectivity index (χ3n) is 3.75. The molecule has 1 heterocycles. The minimum absolute atomic E-state index is 0.241. The smallest absolute Gasteiger partial charge is 0.125 e. The molecule has 0 saturated heterocycles. The summed E-state index contributed by atoms with van der Waals surface area (Å²) in [6.45, 7) is 4.65. The zero-order chi connectivity index (χ0) is 15.4. The van der Waals surface area contributed by atoms with E-state index in [0.29, 0.717) is 0 Å². The fourth-order valence-electron chi connectivity index (χ4n) is 2.66. The van der Waals surface area contributed by atoms with Gasteiger partial charge in [-0.25, -0.2) is 9.37 Å². The van der Waals surface area contributed by atoms with Crippen molar-refractivity contribution < 1.29 is 4.39 Å². The number of aromatic nitrogens is 2. The highest BCUT2D eigenvalue weighted by Crippen LogP contribution is 2.19. The van der Waals surface area contributed by atoms with Gasteiger partial charge in [-0.3, -0.25) is 0 Å². The Bertz CT molecular complexity index is 750. The fraction of sp³-hybridized carbons (Fsp3) is 0.278. The third kappa shape index (κ3) is 3.17. The van der Waals surface area contributed by atoms with Gasteiger partial charge in [0.1, 0.15) is 11.6 Å². The first-order valence-electron chi connectivity index (χ1n) is 7.67. The summed E-state index contributed by atoms with van der Waals surface area (Å²) in [6, 6.07) is 15.1. The van der Waals surface area contributed by atoms with E-state index >= 15 is 0 Å². The minimum atomic E-state index is -0.241. The molecule has 0 aliphatic heterocycles. The Morgan fingerprint density at radius 3 is 2.73 bits per heavy atom. The lowest BCUT2D eigenvalue weighted by molar-refractivity contribution is 0.629. The van der Waals surface area contributed by atoms with Gasteiger partial charge in [0.05, 0.1) is 11.0 Å². The van der Waals surface area contributed by atoms with E-state index in [-0.39, 0.29) is 5.82 Å². The topological polar surface area (TPSA) is 29.9 Å². The second-order valence-corrected chi connectivity index (χ2v) is 5.34. The summed E-state index contributed by atoms with van der Waals surface area (Å²) in [5.74, 6) is 0.750. The van der Waals surface area contributed by atoms with Crippen molar-refractivity contribution in [2.75, 3.05) is 13.1 Å². The SMILES string of the molecule is CCNCCc1nc2cc(F)ccc2n1Cc1ccccc1. The van der Waals surface area contributed by atoms with Crippen molar-refractivity contribution in [1.82, 2.24) is 14.9 Å². The summed E-state index contributed by atoms with van der Waals surface area (Å²) < 4.78 is 15.6. The number of likely N-dealkylation sites (N-methyl/N-ethyl adjacent to an activating group) is 1. The molecule has 0 spiro atoms. The molecule has 114 valence electrons. The molecule has 0 unspecified atom stereocenters. The number of hydrogen-bond donors (Lipinski definition) is 1. The van der Waals surface area contributed by atoms with E-state index in [0.717, 1.165) is 42.9 Å². The maximum atomic E-state index is 13.4. The Kier molecular flexibility index (Phi) is 4.49. The van der Waals surface area contributed by atoms with Crippen LogP contribution in [0.1, 0.15) is 18.3 Å². The molecule has 0 radical (unpaired) electrons. The van der Waals surface area contributed by atoms with Crippen LogP contribution in [-0.4, -0.2) is 22.6 Å². The lowest BCUT2D eigenvalue weighted by Crippen LogP contribution is -2.18. The second-order valence-electron chi connectivity index (χ2n) is 5.34. The molecule has 2 aromatic carbocycles. The van der Waals surface area contributed by atoms with Crippen molar-refractivity contribution in [2.45, 2.75) is 19.9 Å².